The zero-order valence-corrected chi connectivity index (χ0v) is 10.5. The molecule has 1 saturated carbocycles. The molecule has 0 radical (unpaired) electrons. The van der Waals surface area contributed by atoms with Gasteiger partial charge < -0.3 is 4.90 Å². The highest BCUT2D eigenvalue weighted by atomic mass is 16.1. The molecule has 0 amide bonds. The van der Waals surface area contributed by atoms with Gasteiger partial charge >= 0.3 is 0 Å². The molecule has 0 N–H and O–H groups in total. The molecule has 0 unspecified atom stereocenters. The average Bonchev–Trinajstić information content (AvgIpc) is 3.26. The Kier molecular flexibility index (Phi) is 2.21. The lowest BCUT2D eigenvalue weighted by molar-refractivity contribution is 0.0994. The van der Waals surface area contributed by atoms with Gasteiger partial charge in [-0.3, -0.25) is 4.79 Å². The summed E-state index contributed by atoms with van der Waals surface area (Å²) in [4.78, 5) is 19.1. The summed E-state index contributed by atoms with van der Waals surface area (Å²) >= 11 is 0. The zero-order valence-electron chi connectivity index (χ0n) is 10.5. The maximum Gasteiger partial charge on any atom is 0.171 e. The maximum absolute atomic E-state index is 12.4. The van der Waals surface area contributed by atoms with Crippen LogP contribution >= 0.6 is 0 Å². The lowest BCUT2D eigenvalue weighted by Gasteiger charge is -2.25. The standard InChI is InChI=1S/C16H14N2O/c19-15-10-11-4-1-2-6-14(11)18(12-7-8-12)16-13(15)5-3-9-17-16/h1-6,9,12H,7-8,10H2. The molecule has 1 aromatic heterocycles. The summed E-state index contributed by atoms with van der Waals surface area (Å²) in [5.41, 5.74) is 3.01. The Hall–Kier alpha value is -2.16. The molecule has 0 atom stereocenters. The molecule has 3 nitrogen and oxygen atoms in total. The molecule has 2 aromatic rings. The van der Waals surface area contributed by atoms with E-state index in [0.717, 1.165) is 22.6 Å². The Morgan fingerprint density at radius 1 is 1.11 bits per heavy atom. The van der Waals surface area contributed by atoms with Crippen molar-refractivity contribution in [1.29, 1.82) is 0 Å². The van der Waals surface area contributed by atoms with E-state index in [1.807, 2.05) is 24.3 Å². The Balaban J connectivity index is 1.98. The largest absolute Gasteiger partial charge is 0.322 e. The molecule has 2 aliphatic rings. The van der Waals surface area contributed by atoms with Crippen molar-refractivity contribution in [3.63, 3.8) is 0 Å². The van der Waals surface area contributed by atoms with Crippen LogP contribution in [0.3, 0.4) is 0 Å². The van der Waals surface area contributed by atoms with Crippen LogP contribution in [0.25, 0.3) is 0 Å². The van der Waals surface area contributed by atoms with Gasteiger partial charge in [0.05, 0.1) is 5.56 Å². The third-order valence-electron chi connectivity index (χ3n) is 3.83. The first-order valence-corrected chi connectivity index (χ1v) is 6.70. The fraction of sp³-hybridized carbons (Fsp3) is 0.250. The lowest BCUT2D eigenvalue weighted by Crippen LogP contribution is -2.21. The van der Waals surface area contributed by atoms with E-state index in [4.69, 9.17) is 0 Å². The average molecular weight is 250 g/mol. The van der Waals surface area contributed by atoms with E-state index in [0.29, 0.717) is 12.5 Å². The lowest BCUT2D eigenvalue weighted by atomic mass is 10.0. The van der Waals surface area contributed by atoms with E-state index in [-0.39, 0.29) is 5.78 Å². The number of aromatic nitrogens is 1. The number of benzene rings is 1. The number of fused-ring (bicyclic) bond motifs is 2. The van der Waals surface area contributed by atoms with Crippen molar-refractivity contribution in [2.24, 2.45) is 0 Å². The molecule has 3 heteroatoms. The number of ketones is 1. The number of hydrogen-bond donors (Lipinski definition) is 0. The van der Waals surface area contributed by atoms with Crippen LogP contribution in [0.4, 0.5) is 11.5 Å². The van der Waals surface area contributed by atoms with Crippen molar-refractivity contribution in [1.82, 2.24) is 4.98 Å². The van der Waals surface area contributed by atoms with Crippen molar-refractivity contribution < 1.29 is 4.79 Å². The predicted molar refractivity (Wildman–Crippen MR) is 73.9 cm³/mol. The molecule has 1 aromatic carbocycles. The Labute approximate surface area is 111 Å². The van der Waals surface area contributed by atoms with Gasteiger partial charge in [0, 0.05) is 24.3 Å². The van der Waals surface area contributed by atoms with E-state index < -0.39 is 0 Å². The summed E-state index contributed by atoms with van der Waals surface area (Å²) < 4.78 is 0. The van der Waals surface area contributed by atoms with Crippen molar-refractivity contribution in [3.8, 4) is 0 Å². The topological polar surface area (TPSA) is 33.2 Å². The quantitative estimate of drug-likeness (QED) is 0.779. The van der Waals surface area contributed by atoms with E-state index >= 15 is 0 Å². The first-order chi connectivity index (χ1) is 9.34. The van der Waals surface area contributed by atoms with Crippen LogP contribution in [0, 0.1) is 0 Å². The van der Waals surface area contributed by atoms with Crippen LogP contribution in [0.2, 0.25) is 0 Å². The Bertz CT molecular complexity index is 661. The van der Waals surface area contributed by atoms with Crippen molar-refractivity contribution in [2.75, 3.05) is 4.90 Å². The van der Waals surface area contributed by atoms with Gasteiger partial charge in [-0.2, -0.15) is 0 Å². The third-order valence-corrected chi connectivity index (χ3v) is 3.83. The summed E-state index contributed by atoms with van der Waals surface area (Å²) in [6.07, 6.45) is 4.60. The highest BCUT2D eigenvalue weighted by Crippen LogP contribution is 2.42. The molecule has 1 aliphatic carbocycles. The number of Topliss-reactive ketones (excluding diaryl/α,β-unsaturated/α-hetero) is 1. The molecule has 1 aliphatic heterocycles. The van der Waals surface area contributed by atoms with Gasteiger partial charge in [0.2, 0.25) is 0 Å². The molecule has 4 rings (SSSR count). The van der Waals surface area contributed by atoms with E-state index in [1.54, 1.807) is 6.20 Å². The molecule has 1 fully saturated rings. The van der Waals surface area contributed by atoms with Crippen LogP contribution < -0.4 is 4.90 Å². The first-order valence-electron chi connectivity index (χ1n) is 6.70. The van der Waals surface area contributed by atoms with E-state index in [2.05, 4.69) is 22.0 Å². The van der Waals surface area contributed by atoms with Crippen molar-refractivity contribution in [3.05, 3.63) is 53.7 Å². The van der Waals surface area contributed by atoms with Crippen LogP contribution in [-0.4, -0.2) is 16.8 Å². The predicted octanol–water partition coefficient (Wildman–Crippen LogP) is 3.12. The minimum Gasteiger partial charge on any atom is -0.322 e. The summed E-state index contributed by atoms with van der Waals surface area (Å²) in [6, 6.07) is 12.4. The number of carbonyl (C=O) groups is 1. The second-order valence-corrected chi connectivity index (χ2v) is 5.20. The van der Waals surface area contributed by atoms with Crippen molar-refractivity contribution in [2.45, 2.75) is 25.3 Å². The molecule has 0 bridgehead atoms. The van der Waals surface area contributed by atoms with Gasteiger partial charge in [0.15, 0.2) is 5.78 Å². The second-order valence-electron chi connectivity index (χ2n) is 5.20. The van der Waals surface area contributed by atoms with Gasteiger partial charge in [0.25, 0.3) is 0 Å². The van der Waals surface area contributed by atoms with Crippen LogP contribution in [0.15, 0.2) is 42.6 Å². The molecule has 0 spiro atoms. The third kappa shape index (κ3) is 1.65. The van der Waals surface area contributed by atoms with Gasteiger partial charge in [-0.1, -0.05) is 18.2 Å². The molecular formula is C16H14N2O. The minimum atomic E-state index is 0.165. The van der Waals surface area contributed by atoms with Gasteiger partial charge in [-0.15, -0.1) is 0 Å². The SMILES string of the molecule is O=C1Cc2ccccc2N(C2CC2)c2ncccc21. The molecule has 2 heterocycles. The van der Waals surface area contributed by atoms with E-state index in [1.165, 1.54) is 12.8 Å². The summed E-state index contributed by atoms with van der Waals surface area (Å²) in [5.74, 6) is 0.999. The zero-order chi connectivity index (χ0) is 12.8. The highest BCUT2D eigenvalue weighted by molar-refractivity contribution is 6.04. The number of hydrogen-bond acceptors (Lipinski definition) is 3. The molecular weight excluding hydrogens is 236 g/mol. The number of nitrogens with zero attached hydrogens (tertiary/aromatic N) is 2. The normalized spacial score (nSPS) is 17.7. The van der Waals surface area contributed by atoms with Crippen LogP contribution in [0.5, 0.6) is 0 Å². The number of rotatable bonds is 1. The summed E-state index contributed by atoms with van der Waals surface area (Å²) in [6.45, 7) is 0. The summed E-state index contributed by atoms with van der Waals surface area (Å²) in [5, 5.41) is 0. The van der Waals surface area contributed by atoms with Crippen LogP contribution in [0.1, 0.15) is 28.8 Å². The Morgan fingerprint density at radius 2 is 1.95 bits per heavy atom. The van der Waals surface area contributed by atoms with E-state index in [9.17, 15) is 4.79 Å². The highest BCUT2D eigenvalue weighted by Gasteiger charge is 2.36. The first kappa shape index (κ1) is 10.7. The number of anilines is 2. The number of carbonyl (C=O) groups excluding carboxylic acids is 1. The minimum absolute atomic E-state index is 0.165. The van der Waals surface area contributed by atoms with Crippen LogP contribution in [-0.2, 0) is 6.42 Å². The molecule has 19 heavy (non-hydrogen) atoms. The fourth-order valence-corrected chi connectivity index (χ4v) is 2.79. The Morgan fingerprint density at radius 3 is 2.79 bits per heavy atom. The van der Waals surface area contributed by atoms with Gasteiger partial charge in [-0.25, -0.2) is 4.98 Å². The molecule has 0 saturated heterocycles. The second kappa shape index (κ2) is 3.92. The fourth-order valence-electron chi connectivity index (χ4n) is 2.79. The number of para-hydroxylation sites is 1. The smallest absolute Gasteiger partial charge is 0.171 e. The number of pyridine rings is 1. The molecule has 94 valence electrons. The van der Waals surface area contributed by atoms with Gasteiger partial charge in [-0.05, 0) is 36.6 Å². The maximum atomic E-state index is 12.4. The van der Waals surface area contributed by atoms with Crippen molar-refractivity contribution >= 4 is 17.3 Å². The monoisotopic (exact) mass is 250 g/mol. The van der Waals surface area contributed by atoms with Gasteiger partial charge in [0.1, 0.15) is 5.82 Å². The summed E-state index contributed by atoms with van der Waals surface area (Å²) in [7, 11) is 0.